The van der Waals surface area contributed by atoms with Gasteiger partial charge in [0.1, 0.15) is 36.0 Å². The van der Waals surface area contributed by atoms with Crippen LogP contribution in [0.2, 0.25) is 0 Å². The second-order valence-corrected chi connectivity index (χ2v) is 24.2. The van der Waals surface area contributed by atoms with Gasteiger partial charge in [-0.2, -0.15) is 0 Å². The normalized spacial score (nSPS) is 19.7. The molecule has 0 radical (unpaired) electrons. The van der Waals surface area contributed by atoms with Crippen molar-refractivity contribution in [1.82, 2.24) is 40.5 Å². The number of nitrogen functional groups attached to an aromatic ring is 1. The van der Waals surface area contributed by atoms with Crippen LogP contribution in [0.5, 0.6) is 11.5 Å². The summed E-state index contributed by atoms with van der Waals surface area (Å²) < 4.78 is 20.4. The minimum absolute atomic E-state index is 0.0251. The van der Waals surface area contributed by atoms with Crippen molar-refractivity contribution in [2.45, 2.75) is 142 Å². The molecule has 4 amide bonds. The van der Waals surface area contributed by atoms with Crippen molar-refractivity contribution in [2.24, 2.45) is 5.41 Å². The number of aromatic nitrogens is 3. The van der Waals surface area contributed by atoms with Gasteiger partial charge in [0.05, 0.1) is 33.6 Å². The van der Waals surface area contributed by atoms with Crippen LogP contribution >= 0.6 is 11.3 Å². The lowest BCUT2D eigenvalue weighted by Gasteiger charge is -2.43. The smallest absolute Gasteiger partial charge is 0.246 e. The van der Waals surface area contributed by atoms with E-state index < -0.39 is 29.4 Å². The van der Waals surface area contributed by atoms with Crippen LogP contribution in [-0.4, -0.2) is 153 Å². The van der Waals surface area contributed by atoms with Gasteiger partial charge in [-0.05, 0) is 85.5 Å². The predicted octanol–water partition coefficient (Wildman–Crippen LogP) is 7.70. The predicted molar refractivity (Wildman–Crippen MR) is 313 cm³/mol. The molecule has 9 rings (SSSR count). The monoisotopic (exact) mass is 1130 g/mol. The van der Waals surface area contributed by atoms with Crippen molar-refractivity contribution in [3.05, 3.63) is 95.4 Å². The number of likely N-dealkylation sites (tertiary alicyclic amines) is 1. The number of hydrogen-bond acceptors (Lipinski definition) is 15. The lowest BCUT2D eigenvalue weighted by Crippen LogP contribution is -2.57. The second-order valence-electron chi connectivity index (χ2n) is 23.3. The number of aromatic hydroxyl groups is 1. The first-order valence-corrected chi connectivity index (χ1v) is 29.8. The fraction of sp³-hybridized carbons (Fsp3) is 0.525. The summed E-state index contributed by atoms with van der Waals surface area (Å²) in [5.41, 5.74) is 13.0. The number of rotatable bonds is 23. The summed E-state index contributed by atoms with van der Waals surface area (Å²) in [5.74, 6) is -0.114. The van der Waals surface area contributed by atoms with Crippen molar-refractivity contribution in [1.29, 1.82) is 0 Å². The Balaban J connectivity index is 0.618. The van der Waals surface area contributed by atoms with Crippen molar-refractivity contribution < 1.29 is 38.5 Å². The molecule has 20 heteroatoms. The number of amides is 4. The highest BCUT2D eigenvalue weighted by molar-refractivity contribution is 7.13. The summed E-state index contributed by atoms with van der Waals surface area (Å²) in [6, 6.07) is 20.4. The van der Waals surface area contributed by atoms with E-state index in [4.69, 9.17) is 10.5 Å². The lowest BCUT2D eigenvalue weighted by atomic mass is 9.85. The Hall–Kier alpha value is -6.90. The maximum absolute atomic E-state index is 14.1. The van der Waals surface area contributed by atoms with Crippen molar-refractivity contribution in [2.75, 3.05) is 74.5 Å². The molecule has 4 fully saturated rings. The number of β-amino-alcohol motifs (C(OH)–C–C–N with tert-alkyl or cyclic N) is 1. The maximum Gasteiger partial charge on any atom is 0.246 e. The number of thiazole rings is 1. The Morgan fingerprint density at radius 2 is 1.57 bits per heavy atom. The fourth-order valence-electron chi connectivity index (χ4n) is 11.9. The molecule has 2 bridgehead atoms. The molecule has 434 valence electrons. The van der Waals surface area contributed by atoms with Crippen LogP contribution in [0.25, 0.3) is 21.7 Å². The molecular formula is C61H80FN11O7S. The molecule has 3 aromatic carbocycles. The van der Waals surface area contributed by atoms with E-state index in [1.54, 1.807) is 17.4 Å². The summed E-state index contributed by atoms with van der Waals surface area (Å²) in [5, 5.41) is 35.4. The van der Waals surface area contributed by atoms with E-state index >= 15 is 0 Å². The number of phenols is 1. The molecule has 3 unspecified atom stereocenters. The number of carbonyl (C=O) groups is 4. The zero-order valence-corrected chi connectivity index (χ0v) is 48.1. The number of ether oxygens (including phenoxy) is 1. The molecule has 6 heterocycles. The van der Waals surface area contributed by atoms with Gasteiger partial charge >= 0.3 is 0 Å². The number of nitrogens with one attached hydrogen (secondary N) is 2. The third-order valence-corrected chi connectivity index (χ3v) is 17.4. The van der Waals surface area contributed by atoms with Gasteiger partial charge in [0.25, 0.3) is 0 Å². The highest BCUT2D eigenvalue weighted by Gasteiger charge is 2.45. The molecule has 2 aromatic heterocycles. The Morgan fingerprint density at radius 1 is 0.864 bits per heavy atom. The maximum atomic E-state index is 14.1. The average molecular weight is 1130 g/mol. The van der Waals surface area contributed by atoms with E-state index in [1.165, 1.54) is 23.1 Å². The van der Waals surface area contributed by atoms with Crippen LogP contribution in [0, 0.1) is 18.2 Å². The first-order chi connectivity index (χ1) is 39.0. The molecule has 81 heavy (non-hydrogen) atoms. The highest BCUT2D eigenvalue weighted by atomic mass is 32.1. The molecule has 0 spiro atoms. The molecule has 0 aliphatic carbocycles. The number of aryl methyl sites for hydroxylation is 1. The van der Waals surface area contributed by atoms with Gasteiger partial charge in [-0.3, -0.25) is 24.1 Å². The molecule has 4 aliphatic rings. The van der Waals surface area contributed by atoms with Crippen LogP contribution in [0.15, 0.2) is 78.3 Å². The quantitative estimate of drug-likeness (QED) is 0.0396. The summed E-state index contributed by atoms with van der Waals surface area (Å²) >= 11 is 1.58. The molecule has 4 saturated heterocycles. The van der Waals surface area contributed by atoms with Crippen LogP contribution in [-0.2, 0) is 25.7 Å². The van der Waals surface area contributed by atoms with Crippen LogP contribution in [0.3, 0.4) is 0 Å². The molecule has 5 atom stereocenters. The largest absolute Gasteiger partial charge is 0.507 e. The van der Waals surface area contributed by atoms with E-state index in [2.05, 4.69) is 52.6 Å². The number of piperazine rings is 2. The number of phenolic OH excluding ortho intramolecular Hbond substituents is 1. The molecule has 5 aromatic rings. The summed E-state index contributed by atoms with van der Waals surface area (Å²) in [6.07, 6.45) is 8.56. The van der Waals surface area contributed by atoms with E-state index in [1.807, 2.05) is 74.5 Å². The number of hydrogen-bond donors (Lipinski definition) is 5. The number of unbranched alkanes of at least 4 members (excludes halogenated alkanes) is 6. The Kier molecular flexibility index (Phi) is 19.4. The number of halogens is 1. The Morgan fingerprint density at radius 3 is 2.26 bits per heavy atom. The third kappa shape index (κ3) is 15.0. The summed E-state index contributed by atoms with van der Waals surface area (Å²) in [6.45, 7) is 13.9. The first kappa shape index (κ1) is 58.7. The fourth-order valence-corrected chi connectivity index (χ4v) is 12.7. The Bertz CT molecular complexity index is 2950. The number of fused-ring (bicyclic) bond motifs is 2. The van der Waals surface area contributed by atoms with Gasteiger partial charge in [0, 0.05) is 108 Å². The molecule has 18 nitrogen and oxygen atoms in total. The van der Waals surface area contributed by atoms with Crippen LogP contribution < -0.4 is 30.9 Å². The van der Waals surface area contributed by atoms with Crippen molar-refractivity contribution >= 4 is 52.2 Å². The van der Waals surface area contributed by atoms with E-state index in [0.29, 0.717) is 50.5 Å². The van der Waals surface area contributed by atoms with E-state index in [-0.39, 0.29) is 66.5 Å². The van der Waals surface area contributed by atoms with Crippen molar-refractivity contribution in [3.8, 4) is 33.2 Å². The molecular weight excluding hydrogens is 1050 g/mol. The van der Waals surface area contributed by atoms with E-state index in [0.717, 1.165) is 123 Å². The zero-order valence-electron chi connectivity index (χ0n) is 47.3. The van der Waals surface area contributed by atoms with Gasteiger partial charge in [-0.25, -0.2) is 9.37 Å². The van der Waals surface area contributed by atoms with Crippen molar-refractivity contribution in [3.63, 3.8) is 0 Å². The zero-order chi connectivity index (χ0) is 57.2. The number of nitrogens with zero attached hydrogens (tertiary/aromatic N) is 8. The molecule has 0 saturated carbocycles. The van der Waals surface area contributed by atoms with Gasteiger partial charge in [0.15, 0.2) is 5.82 Å². The van der Waals surface area contributed by atoms with Crippen LogP contribution in [0.4, 0.5) is 21.6 Å². The number of anilines is 3. The Labute approximate surface area is 479 Å². The third-order valence-electron chi connectivity index (χ3n) is 16.4. The average Bonchev–Trinajstić information content (AvgIpc) is 4.39. The van der Waals surface area contributed by atoms with Gasteiger partial charge < -0.3 is 50.9 Å². The highest BCUT2D eigenvalue weighted by Crippen LogP contribution is 2.41. The first-order valence-electron chi connectivity index (χ1n) is 28.9. The number of benzene rings is 3. The minimum atomic E-state index is -0.862. The topological polar surface area (TPSA) is 223 Å². The molecule has 6 N–H and O–H groups in total. The van der Waals surface area contributed by atoms with Gasteiger partial charge in [-0.1, -0.05) is 83.2 Å². The minimum Gasteiger partial charge on any atom is -0.507 e. The summed E-state index contributed by atoms with van der Waals surface area (Å²) in [7, 11) is 0. The summed E-state index contributed by atoms with van der Waals surface area (Å²) in [4.78, 5) is 69.8. The number of carbonyl (C=O) groups excluding carboxylic acids is 4. The second kappa shape index (κ2) is 26.8. The van der Waals surface area contributed by atoms with Crippen LogP contribution in [0.1, 0.15) is 109 Å². The number of nitrogens with two attached hydrogens (primary N) is 1. The van der Waals surface area contributed by atoms with Gasteiger partial charge in [0.2, 0.25) is 23.6 Å². The standard InChI is InChI=1S/C61H80FN11O7S/c1-40-56(81-39-65-40)42-19-17-41(18-20-42)35-64-59(78)52-33-47(74)38-72(52)60(79)57(61(2,3)4)66-54(76)15-10-8-6-5-7-9-11-16-55(77)70-27-25-69(26-28-70)29-30-80-48-14-12-13-44(32-48)71-36-45-22-23-46(37-71)73(45)51-34-50(67-68-58(51)63)49-31-43(62)21-24-53(49)75/h12-14,17-21,24,31-32,34,39,45-47,52,57,74-75H,5-11,15-16,22-23,25-30,33,35-38H2,1-4H3,(H2,63,68)(H,64,78)(H,66,76)/t45?,46?,47-,52+,57?/m1/s1. The van der Waals surface area contributed by atoms with Gasteiger partial charge in [-0.15, -0.1) is 21.5 Å². The number of aliphatic hydroxyl groups is 1. The van der Waals surface area contributed by atoms with E-state index in [9.17, 15) is 33.8 Å². The lowest BCUT2D eigenvalue weighted by molar-refractivity contribution is -0.144. The molecule has 4 aliphatic heterocycles. The SMILES string of the molecule is Cc1ncsc1-c1ccc(CNC(=O)[C@@H]2C[C@@H](O)CN2C(=O)C(NC(=O)CCCCCCCCCC(=O)N2CCN(CCOc3cccc(N4CC5CCC(C4)N5c4cc(-c5cc(F)ccc5O)nnc4N)c3)CC2)C(C)(C)C)cc1. The number of aliphatic hydroxyl groups excluding tert-OH is 1.